The standard InChI is InChI=1S/C11H13ClN4O2/c1-6-4-8(18-15-6)5-16(3)11(17)10-9(12)7(2)13-14-10/h4H,5H2,1-3H3,(H,13,14). The van der Waals surface area contributed by atoms with Crippen LogP contribution in [0, 0.1) is 13.8 Å². The monoisotopic (exact) mass is 268 g/mol. The minimum atomic E-state index is -0.265. The van der Waals surface area contributed by atoms with Crippen LogP contribution in [0.15, 0.2) is 10.6 Å². The fraction of sp³-hybridized carbons (Fsp3) is 0.364. The average Bonchev–Trinajstić information content (AvgIpc) is 2.87. The summed E-state index contributed by atoms with van der Waals surface area (Å²) in [6.07, 6.45) is 0. The van der Waals surface area contributed by atoms with Crippen LogP contribution < -0.4 is 0 Å². The quantitative estimate of drug-likeness (QED) is 0.923. The fourth-order valence-electron chi connectivity index (χ4n) is 1.53. The third-order valence-corrected chi connectivity index (χ3v) is 2.95. The first kappa shape index (κ1) is 12.6. The number of nitrogens with one attached hydrogen (secondary N) is 1. The Morgan fingerprint density at radius 3 is 2.78 bits per heavy atom. The molecule has 2 aromatic heterocycles. The van der Waals surface area contributed by atoms with Gasteiger partial charge in [-0.2, -0.15) is 5.10 Å². The molecule has 18 heavy (non-hydrogen) atoms. The molecule has 0 spiro atoms. The number of rotatable bonds is 3. The zero-order valence-electron chi connectivity index (χ0n) is 10.3. The normalized spacial score (nSPS) is 10.7. The fourth-order valence-corrected chi connectivity index (χ4v) is 1.70. The predicted molar refractivity (Wildman–Crippen MR) is 65.4 cm³/mol. The van der Waals surface area contributed by atoms with Gasteiger partial charge in [0.15, 0.2) is 11.5 Å². The van der Waals surface area contributed by atoms with Gasteiger partial charge in [0.05, 0.1) is 23.0 Å². The van der Waals surface area contributed by atoms with Gasteiger partial charge in [-0.05, 0) is 13.8 Å². The Bertz CT molecular complexity index is 575. The zero-order chi connectivity index (χ0) is 13.3. The van der Waals surface area contributed by atoms with Crippen molar-refractivity contribution in [2.75, 3.05) is 7.05 Å². The van der Waals surface area contributed by atoms with Crippen molar-refractivity contribution in [1.29, 1.82) is 0 Å². The predicted octanol–water partition coefficient (Wildman–Crippen LogP) is 1.94. The molecule has 1 N–H and O–H groups in total. The number of aromatic amines is 1. The van der Waals surface area contributed by atoms with Crippen molar-refractivity contribution in [3.63, 3.8) is 0 Å². The van der Waals surface area contributed by atoms with Gasteiger partial charge in [0.1, 0.15) is 0 Å². The number of aryl methyl sites for hydroxylation is 2. The Balaban J connectivity index is 2.12. The number of amides is 1. The highest BCUT2D eigenvalue weighted by Gasteiger charge is 2.20. The second-order valence-corrected chi connectivity index (χ2v) is 4.48. The van der Waals surface area contributed by atoms with Crippen molar-refractivity contribution in [3.05, 3.63) is 33.9 Å². The minimum Gasteiger partial charge on any atom is -0.359 e. The Hall–Kier alpha value is -1.82. The van der Waals surface area contributed by atoms with Gasteiger partial charge in [0.2, 0.25) is 0 Å². The molecule has 0 aromatic carbocycles. The number of H-pyrrole nitrogens is 1. The first-order valence-corrected chi connectivity index (χ1v) is 5.75. The first-order valence-electron chi connectivity index (χ1n) is 5.37. The molecule has 0 atom stereocenters. The van der Waals surface area contributed by atoms with Crippen molar-refractivity contribution in [2.45, 2.75) is 20.4 Å². The molecular weight excluding hydrogens is 256 g/mol. The molecule has 0 radical (unpaired) electrons. The van der Waals surface area contributed by atoms with Gasteiger partial charge < -0.3 is 9.42 Å². The number of hydrogen-bond donors (Lipinski definition) is 1. The van der Waals surface area contributed by atoms with Gasteiger partial charge in [-0.1, -0.05) is 16.8 Å². The van der Waals surface area contributed by atoms with Crippen LogP contribution >= 0.6 is 11.6 Å². The average molecular weight is 269 g/mol. The summed E-state index contributed by atoms with van der Waals surface area (Å²) in [7, 11) is 1.65. The number of nitrogens with zero attached hydrogens (tertiary/aromatic N) is 3. The molecule has 0 unspecified atom stereocenters. The van der Waals surface area contributed by atoms with E-state index in [2.05, 4.69) is 15.4 Å². The largest absolute Gasteiger partial charge is 0.359 e. The summed E-state index contributed by atoms with van der Waals surface area (Å²) < 4.78 is 5.05. The number of aromatic nitrogens is 3. The highest BCUT2D eigenvalue weighted by molar-refractivity contribution is 6.34. The highest BCUT2D eigenvalue weighted by Crippen LogP contribution is 2.19. The third-order valence-electron chi connectivity index (χ3n) is 2.49. The molecule has 0 bridgehead atoms. The van der Waals surface area contributed by atoms with Gasteiger partial charge in [0, 0.05) is 13.1 Å². The molecule has 0 aliphatic rings. The summed E-state index contributed by atoms with van der Waals surface area (Å²) in [4.78, 5) is 13.6. The lowest BCUT2D eigenvalue weighted by Gasteiger charge is -2.13. The van der Waals surface area contributed by atoms with Gasteiger partial charge >= 0.3 is 0 Å². The van der Waals surface area contributed by atoms with Crippen molar-refractivity contribution in [2.24, 2.45) is 0 Å². The van der Waals surface area contributed by atoms with Crippen molar-refractivity contribution in [1.82, 2.24) is 20.3 Å². The Morgan fingerprint density at radius 2 is 2.28 bits per heavy atom. The van der Waals surface area contributed by atoms with Crippen LogP contribution in [0.2, 0.25) is 5.02 Å². The van der Waals surface area contributed by atoms with E-state index in [1.54, 1.807) is 20.0 Å². The van der Waals surface area contributed by atoms with E-state index in [9.17, 15) is 4.79 Å². The Kier molecular flexibility index (Phi) is 3.38. The summed E-state index contributed by atoms with van der Waals surface area (Å²) in [5.41, 5.74) is 1.66. The zero-order valence-corrected chi connectivity index (χ0v) is 11.1. The number of halogens is 1. The minimum absolute atomic E-state index is 0.216. The van der Waals surface area contributed by atoms with Gasteiger partial charge in [-0.25, -0.2) is 0 Å². The molecule has 2 aromatic rings. The van der Waals surface area contributed by atoms with E-state index >= 15 is 0 Å². The van der Waals surface area contributed by atoms with Crippen LogP contribution in [-0.2, 0) is 6.54 Å². The van der Waals surface area contributed by atoms with Crippen LogP contribution in [0.4, 0.5) is 0 Å². The number of carbonyl (C=O) groups is 1. The topological polar surface area (TPSA) is 75.0 Å². The Labute approximate surface area is 109 Å². The number of hydrogen-bond acceptors (Lipinski definition) is 4. The van der Waals surface area contributed by atoms with E-state index < -0.39 is 0 Å². The molecule has 0 saturated heterocycles. The summed E-state index contributed by atoms with van der Waals surface area (Å²) in [6.45, 7) is 3.90. The van der Waals surface area contributed by atoms with Crippen LogP contribution in [0.25, 0.3) is 0 Å². The second kappa shape index (κ2) is 4.81. The van der Waals surface area contributed by atoms with Gasteiger partial charge in [-0.15, -0.1) is 0 Å². The molecule has 0 aliphatic heterocycles. The van der Waals surface area contributed by atoms with Crippen molar-refractivity contribution in [3.8, 4) is 0 Å². The van der Waals surface area contributed by atoms with Crippen LogP contribution in [0.3, 0.4) is 0 Å². The SMILES string of the molecule is Cc1cc(CN(C)C(=O)c2n[nH]c(C)c2Cl)on1. The van der Waals surface area contributed by atoms with Crippen molar-refractivity contribution >= 4 is 17.5 Å². The van der Waals surface area contributed by atoms with Crippen LogP contribution in [0.5, 0.6) is 0 Å². The lowest BCUT2D eigenvalue weighted by Crippen LogP contribution is -2.26. The molecule has 2 heterocycles. The van der Waals surface area contributed by atoms with E-state index in [0.29, 0.717) is 23.0 Å². The summed E-state index contributed by atoms with van der Waals surface area (Å²) in [5.74, 6) is 0.352. The molecule has 2 rings (SSSR count). The molecule has 0 aliphatic carbocycles. The maximum absolute atomic E-state index is 12.1. The van der Waals surface area contributed by atoms with Crippen LogP contribution in [-0.4, -0.2) is 33.2 Å². The van der Waals surface area contributed by atoms with E-state index in [1.165, 1.54) is 4.90 Å². The number of carbonyl (C=O) groups excluding carboxylic acids is 1. The van der Waals surface area contributed by atoms with E-state index in [0.717, 1.165) is 5.69 Å². The van der Waals surface area contributed by atoms with E-state index in [4.69, 9.17) is 16.1 Å². The second-order valence-electron chi connectivity index (χ2n) is 4.11. The molecular formula is C11H13ClN4O2. The molecule has 6 nitrogen and oxygen atoms in total. The maximum atomic E-state index is 12.1. The lowest BCUT2D eigenvalue weighted by molar-refractivity contribution is 0.0766. The summed E-state index contributed by atoms with van der Waals surface area (Å²) in [5, 5.41) is 10.7. The summed E-state index contributed by atoms with van der Waals surface area (Å²) >= 11 is 5.98. The van der Waals surface area contributed by atoms with Gasteiger partial charge in [0.25, 0.3) is 5.91 Å². The molecule has 1 amide bonds. The maximum Gasteiger partial charge on any atom is 0.276 e. The molecule has 7 heteroatoms. The van der Waals surface area contributed by atoms with Gasteiger partial charge in [-0.3, -0.25) is 9.89 Å². The molecule has 0 fully saturated rings. The smallest absolute Gasteiger partial charge is 0.276 e. The lowest BCUT2D eigenvalue weighted by atomic mass is 10.3. The third kappa shape index (κ3) is 2.38. The first-order chi connectivity index (χ1) is 8.49. The van der Waals surface area contributed by atoms with E-state index in [1.807, 2.05) is 6.92 Å². The highest BCUT2D eigenvalue weighted by atomic mass is 35.5. The summed E-state index contributed by atoms with van der Waals surface area (Å²) in [6, 6.07) is 1.78. The molecule has 96 valence electrons. The van der Waals surface area contributed by atoms with E-state index in [-0.39, 0.29) is 11.6 Å². The molecule has 0 saturated carbocycles. The Morgan fingerprint density at radius 1 is 1.56 bits per heavy atom. The van der Waals surface area contributed by atoms with Crippen LogP contribution in [0.1, 0.15) is 27.6 Å². The van der Waals surface area contributed by atoms with Crippen molar-refractivity contribution < 1.29 is 9.32 Å².